The zero-order valence-corrected chi connectivity index (χ0v) is 28.5. The summed E-state index contributed by atoms with van der Waals surface area (Å²) in [5.41, 5.74) is 5.16. The van der Waals surface area contributed by atoms with Crippen LogP contribution in [0.1, 0.15) is 106 Å². The summed E-state index contributed by atoms with van der Waals surface area (Å²) < 4.78 is 14.0. The molecule has 0 bridgehead atoms. The molecule has 3 rings (SSSR count). The molecule has 236 valence electrons. The number of rotatable bonds is 20. The number of ether oxygens (including phenoxy) is 2. The van der Waals surface area contributed by atoms with Gasteiger partial charge in [0.2, 0.25) is 5.91 Å². The summed E-state index contributed by atoms with van der Waals surface area (Å²) in [6.45, 7) is 7.79. The SMILES string of the molecule is CCCCCCCCCCCCCCOc1c(CC(=O)Nc2ccccc2C[n+]2cc(C)cc(C)c2)cccc1OC.[Br-]. The Hall–Kier alpha value is -2.86. The Labute approximate surface area is 271 Å². The van der Waals surface area contributed by atoms with Crippen molar-refractivity contribution in [1.29, 1.82) is 0 Å². The van der Waals surface area contributed by atoms with E-state index in [0.29, 0.717) is 24.7 Å². The van der Waals surface area contributed by atoms with Crippen LogP contribution in [0.25, 0.3) is 0 Å². The number of pyridine rings is 1. The lowest BCUT2D eigenvalue weighted by molar-refractivity contribution is -0.688. The van der Waals surface area contributed by atoms with Gasteiger partial charge in [0.25, 0.3) is 0 Å². The molecule has 6 heteroatoms. The fourth-order valence-corrected chi connectivity index (χ4v) is 5.57. The van der Waals surface area contributed by atoms with E-state index < -0.39 is 0 Å². The monoisotopic (exact) mass is 652 g/mol. The van der Waals surface area contributed by atoms with Gasteiger partial charge in [-0.05, 0) is 38.5 Å². The molecule has 0 fully saturated rings. The minimum absolute atomic E-state index is 0. The first-order valence-corrected chi connectivity index (χ1v) is 16.1. The first-order chi connectivity index (χ1) is 20.5. The summed E-state index contributed by atoms with van der Waals surface area (Å²) in [6, 6.07) is 15.9. The highest BCUT2D eigenvalue weighted by Gasteiger charge is 2.16. The number of amides is 1. The molecular formula is C37H53BrN2O3. The lowest BCUT2D eigenvalue weighted by atomic mass is 10.1. The van der Waals surface area contributed by atoms with Gasteiger partial charge >= 0.3 is 0 Å². The lowest BCUT2D eigenvalue weighted by Gasteiger charge is -2.16. The number of carbonyl (C=O) groups is 1. The minimum atomic E-state index is -0.0728. The van der Waals surface area contributed by atoms with Crippen molar-refractivity contribution in [2.75, 3.05) is 19.0 Å². The summed E-state index contributed by atoms with van der Waals surface area (Å²) in [4.78, 5) is 13.2. The van der Waals surface area contributed by atoms with E-state index in [4.69, 9.17) is 9.47 Å². The predicted octanol–water partition coefficient (Wildman–Crippen LogP) is 5.91. The average molecular weight is 654 g/mol. The van der Waals surface area contributed by atoms with Gasteiger partial charge in [0.1, 0.15) is 0 Å². The number of halogens is 1. The number of unbranched alkanes of at least 4 members (excludes halogenated alkanes) is 11. The number of methoxy groups -OCH3 is 1. The van der Waals surface area contributed by atoms with Crippen LogP contribution in [0.2, 0.25) is 0 Å². The first kappa shape index (κ1) is 36.3. The second-order valence-electron chi connectivity index (χ2n) is 11.6. The molecule has 1 heterocycles. The molecule has 0 aliphatic carbocycles. The number of hydrogen-bond acceptors (Lipinski definition) is 3. The smallest absolute Gasteiger partial charge is 0.228 e. The van der Waals surface area contributed by atoms with E-state index in [2.05, 4.69) is 55.2 Å². The molecular weight excluding hydrogens is 600 g/mol. The molecule has 0 atom stereocenters. The van der Waals surface area contributed by atoms with E-state index in [9.17, 15) is 4.79 Å². The Morgan fingerprint density at radius 2 is 1.35 bits per heavy atom. The molecule has 0 aliphatic heterocycles. The van der Waals surface area contributed by atoms with Crippen LogP contribution in [-0.2, 0) is 17.8 Å². The van der Waals surface area contributed by atoms with Crippen molar-refractivity contribution in [3.8, 4) is 11.5 Å². The third-order valence-corrected chi connectivity index (χ3v) is 7.71. The Morgan fingerprint density at radius 3 is 1.98 bits per heavy atom. The molecule has 0 radical (unpaired) electrons. The third kappa shape index (κ3) is 13.5. The Kier molecular flexibility index (Phi) is 17.7. The van der Waals surface area contributed by atoms with Gasteiger partial charge in [0.15, 0.2) is 30.4 Å². The van der Waals surface area contributed by atoms with E-state index >= 15 is 0 Å². The van der Waals surface area contributed by atoms with Crippen LogP contribution in [0, 0.1) is 13.8 Å². The number of anilines is 1. The normalized spacial score (nSPS) is 10.7. The van der Waals surface area contributed by atoms with Crippen LogP contribution in [0.5, 0.6) is 11.5 Å². The zero-order valence-electron chi connectivity index (χ0n) is 26.9. The number of carbonyl (C=O) groups excluding carboxylic acids is 1. The van der Waals surface area contributed by atoms with Gasteiger partial charge in [0.05, 0.1) is 25.8 Å². The molecule has 0 saturated heterocycles. The topological polar surface area (TPSA) is 51.4 Å². The van der Waals surface area contributed by atoms with Crippen LogP contribution in [0.4, 0.5) is 5.69 Å². The van der Waals surface area contributed by atoms with Crippen LogP contribution in [-0.4, -0.2) is 19.6 Å². The van der Waals surface area contributed by atoms with Crippen molar-refractivity contribution < 1.29 is 35.8 Å². The third-order valence-electron chi connectivity index (χ3n) is 7.71. The summed E-state index contributed by atoms with van der Waals surface area (Å²) in [6.07, 6.45) is 20.2. The van der Waals surface area contributed by atoms with Gasteiger partial charge in [0, 0.05) is 22.3 Å². The second kappa shape index (κ2) is 20.9. The fourth-order valence-electron chi connectivity index (χ4n) is 5.57. The highest BCUT2D eigenvalue weighted by molar-refractivity contribution is 5.93. The molecule has 0 unspecified atom stereocenters. The summed E-state index contributed by atoms with van der Waals surface area (Å²) in [5.74, 6) is 1.28. The summed E-state index contributed by atoms with van der Waals surface area (Å²) in [5, 5.41) is 3.14. The molecule has 43 heavy (non-hydrogen) atoms. The van der Waals surface area contributed by atoms with E-state index in [1.54, 1.807) is 7.11 Å². The number of nitrogens with one attached hydrogen (secondary N) is 1. The molecule has 0 spiro atoms. The van der Waals surface area contributed by atoms with Crippen molar-refractivity contribution >= 4 is 11.6 Å². The lowest BCUT2D eigenvalue weighted by Crippen LogP contribution is -3.00. The van der Waals surface area contributed by atoms with Gasteiger partial charge < -0.3 is 31.8 Å². The fraction of sp³-hybridized carbons (Fsp3) is 0.514. The highest BCUT2D eigenvalue weighted by Crippen LogP contribution is 2.32. The van der Waals surface area contributed by atoms with Gasteiger partial charge in [-0.15, -0.1) is 0 Å². The molecule has 1 N–H and O–H groups in total. The zero-order chi connectivity index (χ0) is 30.0. The first-order valence-electron chi connectivity index (χ1n) is 16.1. The molecule has 5 nitrogen and oxygen atoms in total. The molecule has 1 amide bonds. The van der Waals surface area contributed by atoms with Crippen LogP contribution >= 0.6 is 0 Å². The van der Waals surface area contributed by atoms with Crippen molar-refractivity contribution in [3.05, 3.63) is 83.2 Å². The van der Waals surface area contributed by atoms with E-state index in [-0.39, 0.29) is 29.3 Å². The van der Waals surface area contributed by atoms with Crippen LogP contribution in [0.15, 0.2) is 60.9 Å². The van der Waals surface area contributed by atoms with Gasteiger partial charge in [-0.25, -0.2) is 4.57 Å². The van der Waals surface area contributed by atoms with E-state index in [1.807, 2.05) is 36.4 Å². The standard InChI is InChI=1S/C37H52N2O3.BrH/c1-5-6-7-8-9-10-11-12-13-14-15-18-24-42-37-32(21-19-23-35(37)41-4)26-36(40)38-34-22-17-16-20-33(34)29-39-27-30(2)25-31(3)28-39;/h16-17,19-23,25,27-28H,5-15,18,24,26,29H2,1-4H3;1H. The van der Waals surface area contributed by atoms with E-state index in [1.165, 1.54) is 75.3 Å². The maximum Gasteiger partial charge on any atom is 0.228 e. The molecule has 1 aromatic heterocycles. The van der Waals surface area contributed by atoms with Crippen LogP contribution < -0.4 is 36.3 Å². The molecule has 2 aromatic carbocycles. The Bertz CT molecular complexity index is 1210. The number of benzene rings is 2. The largest absolute Gasteiger partial charge is 1.00 e. The number of hydrogen-bond donors (Lipinski definition) is 1. The van der Waals surface area contributed by atoms with Gasteiger partial charge in [-0.3, -0.25) is 4.79 Å². The second-order valence-corrected chi connectivity index (χ2v) is 11.6. The van der Waals surface area contributed by atoms with Crippen molar-refractivity contribution in [2.24, 2.45) is 0 Å². The van der Waals surface area contributed by atoms with E-state index in [0.717, 1.165) is 29.7 Å². The number of nitrogens with zero attached hydrogens (tertiary/aromatic N) is 1. The number of para-hydroxylation sites is 2. The Morgan fingerprint density at radius 1 is 0.767 bits per heavy atom. The predicted molar refractivity (Wildman–Crippen MR) is 174 cm³/mol. The van der Waals surface area contributed by atoms with Crippen molar-refractivity contribution in [2.45, 2.75) is 111 Å². The maximum atomic E-state index is 13.2. The molecule has 0 saturated carbocycles. The summed E-state index contributed by atoms with van der Waals surface area (Å²) in [7, 11) is 1.65. The molecule has 3 aromatic rings. The quantitative estimate of drug-likeness (QED) is 0.122. The number of aryl methyl sites for hydroxylation is 2. The average Bonchev–Trinajstić information content (AvgIpc) is 2.96. The van der Waals surface area contributed by atoms with Crippen molar-refractivity contribution in [3.63, 3.8) is 0 Å². The van der Waals surface area contributed by atoms with Gasteiger partial charge in [-0.2, -0.15) is 0 Å². The Balaban J connectivity index is 0.00000645. The summed E-state index contributed by atoms with van der Waals surface area (Å²) >= 11 is 0. The van der Waals surface area contributed by atoms with Gasteiger partial charge in [-0.1, -0.05) is 108 Å². The maximum absolute atomic E-state index is 13.2. The van der Waals surface area contributed by atoms with Crippen molar-refractivity contribution in [1.82, 2.24) is 0 Å². The number of aromatic nitrogens is 1. The van der Waals surface area contributed by atoms with Crippen LogP contribution in [0.3, 0.4) is 0 Å². The highest BCUT2D eigenvalue weighted by atomic mass is 79.9. The minimum Gasteiger partial charge on any atom is -1.00 e. The molecule has 0 aliphatic rings.